The molecule has 120 heavy (non-hydrogen) atoms. The number of nitrogens with zero attached hydrogens (tertiary/aromatic N) is 9. The van der Waals surface area contributed by atoms with Gasteiger partial charge in [0.1, 0.15) is 5.69 Å². The first-order valence-corrected chi connectivity index (χ1v) is 40.5. The molecule has 6 heterocycles. The molecule has 15 rings (SSSR count). The number of esters is 4. The van der Waals surface area contributed by atoms with Crippen LogP contribution in [0.3, 0.4) is 0 Å². The zero-order valence-electron chi connectivity index (χ0n) is 73.9. The minimum Gasteiger partial charge on any atom is -0.478 e. The number of hydrogen-bond donors (Lipinski definition) is 1. The number of aliphatic imine (C=N–C) groups is 5. The zero-order chi connectivity index (χ0) is 87.0. The van der Waals surface area contributed by atoms with Crippen LogP contribution in [0.5, 0.6) is 0 Å². The fourth-order valence-corrected chi connectivity index (χ4v) is 11.8. The fraction of sp³-hybridized carbons (Fsp3) is 0.273. The largest absolute Gasteiger partial charge is 0.478 e. The Morgan fingerprint density at radius 3 is 0.983 bits per heavy atom. The van der Waals surface area contributed by atoms with Crippen LogP contribution in [0.1, 0.15) is 191 Å². The molecule has 18 nitrogen and oxygen atoms in total. The van der Waals surface area contributed by atoms with Crippen LogP contribution in [0.2, 0.25) is 0 Å². The van der Waals surface area contributed by atoms with Gasteiger partial charge in [0.2, 0.25) is 0 Å². The molecule has 1 amide bonds. The monoisotopic (exact) mass is 2130 g/mol. The van der Waals surface area contributed by atoms with Gasteiger partial charge in [-0.25, -0.2) is 28.8 Å². The summed E-state index contributed by atoms with van der Waals surface area (Å²) < 4.78 is 10.9. The van der Waals surface area contributed by atoms with Crippen molar-refractivity contribution in [2.45, 2.75) is 144 Å². The van der Waals surface area contributed by atoms with Gasteiger partial charge in [-0.15, -0.1) is 11.1 Å². The molecule has 0 aromatic heterocycles. The molecule has 630 valence electrons. The van der Waals surface area contributed by atoms with Crippen molar-refractivity contribution in [3.8, 4) is 0 Å². The second kappa shape index (κ2) is 55.8. The first kappa shape index (κ1) is 107. The van der Waals surface area contributed by atoms with E-state index in [1.165, 1.54) is 18.2 Å². The third kappa shape index (κ3) is 28.4. The Bertz CT molecular complexity index is 4900. The van der Waals surface area contributed by atoms with Gasteiger partial charge in [-0.1, -0.05) is 202 Å². The molecule has 0 unspecified atom stereocenters. The summed E-state index contributed by atoms with van der Waals surface area (Å²) in [5.74, 6) is -4.04. The van der Waals surface area contributed by atoms with E-state index in [0.29, 0.717) is 53.0 Å². The molecule has 1 N–H and O–H groups in total. The summed E-state index contributed by atoms with van der Waals surface area (Å²) in [5.41, 5.74) is 21.1. The summed E-state index contributed by atoms with van der Waals surface area (Å²) in [7, 11) is 12.1. The van der Waals surface area contributed by atoms with Gasteiger partial charge < -0.3 is 39.3 Å². The van der Waals surface area contributed by atoms with Gasteiger partial charge in [-0.3, -0.25) is 15.0 Å². The third-order valence-corrected chi connectivity index (χ3v) is 17.0. The molecule has 0 bridgehead atoms. The summed E-state index contributed by atoms with van der Waals surface area (Å²) in [5, 5.41) is 9.51. The van der Waals surface area contributed by atoms with Crippen molar-refractivity contribution < 1.29 is 111 Å². The van der Waals surface area contributed by atoms with Gasteiger partial charge in [-0.05, 0) is 143 Å². The van der Waals surface area contributed by atoms with Crippen LogP contribution in [0.15, 0.2) is 225 Å². The van der Waals surface area contributed by atoms with Gasteiger partial charge in [0, 0.05) is 177 Å². The van der Waals surface area contributed by atoms with Crippen LogP contribution in [0.4, 0.5) is 51.2 Å². The van der Waals surface area contributed by atoms with Crippen LogP contribution in [0, 0.1) is 18.2 Å². The predicted molar refractivity (Wildman–Crippen MR) is 488 cm³/mol. The molecule has 6 aliphatic rings. The van der Waals surface area contributed by atoms with E-state index in [9.17, 15) is 33.9 Å². The number of fused-ring (bicyclic) bond motifs is 2. The summed E-state index contributed by atoms with van der Waals surface area (Å²) >= 11 is 0. The maximum absolute atomic E-state index is 12.8. The van der Waals surface area contributed by atoms with Crippen LogP contribution in [-0.4, -0.2) is 124 Å². The van der Waals surface area contributed by atoms with Crippen molar-refractivity contribution in [3.63, 3.8) is 0 Å². The molecule has 0 fully saturated rings. The van der Waals surface area contributed by atoms with Crippen LogP contribution in [-0.2, 0) is 121 Å². The number of amides is 1. The number of anilines is 3. The topological polar surface area (TPSA) is 216 Å². The Kier molecular flexibility index (Phi) is 49.8. The van der Waals surface area contributed by atoms with Crippen molar-refractivity contribution in [2.75, 3.05) is 57.0 Å². The number of cyclic esters (lactones) is 4. The van der Waals surface area contributed by atoms with E-state index in [2.05, 4.69) is 76.7 Å². The molecule has 0 atom stereocenters. The molecule has 6 aliphatic heterocycles. The second-order valence-corrected chi connectivity index (χ2v) is 24.2. The van der Waals surface area contributed by atoms with Crippen molar-refractivity contribution in [3.05, 3.63) is 285 Å². The van der Waals surface area contributed by atoms with Crippen LogP contribution < -0.4 is 14.7 Å². The number of benzene rings is 9. The van der Waals surface area contributed by atoms with E-state index in [1.54, 1.807) is 41.0 Å². The smallest absolute Gasteiger partial charge is 0.407 e. The summed E-state index contributed by atoms with van der Waals surface area (Å²) in [6, 6.07) is 67.9. The molecule has 0 spiro atoms. The minimum absolute atomic E-state index is 0. The molecule has 21 heteroatoms. The number of carboxylic acids is 1. The van der Waals surface area contributed by atoms with E-state index in [1.807, 2.05) is 312 Å². The molecule has 0 aliphatic carbocycles. The molecule has 9 aromatic carbocycles. The van der Waals surface area contributed by atoms with Gasteiger partial charge in [0.05, 0.1) is 39.9 Å². The Morgan fingerprint density at radius 2 is 0.692 bits per heavy atom. The van der Waals surface area contributed by atoms with E-state index in [-0.39, 0.29) is 85.8 Å². The number of carbonyl (C=O) groups is 6. The average Bonchev–Trinajstić information content (AvgIpc) is 1.58. The van der Waals surface area contributed by atoms with Gasteiger partial charge >= 0.3 is 35.8 Å². The van der Waals surface area contributed by atoms with Crippen LogP contribution >= 0.6 is 0 Å². The van der Waals surface area contributed by atoms with Gasteiger partial charge in [-0.2, -0.15) is 59.2 Å². The van der Waals surface area contributed by atoms with Crippen LogP contribution in [0.25, 0.3) is 16.7 Å². The maximum atomic E-state index is 12.8. The maximum Gasteiger partial charge on any atom is 0.407 e. The summed E-state index contributed by atoms with van der Waals surface area (Å²) in [6.07, 6.45) is 10.8. The van der Waals surface area contributed by atoms with Gasteiger partial charge in [0.25, 0.3) is 0 Å². The number of rotatable bonds is 15. The minimum atomic E-state index is -1.11. The quantitative estimate of drug-likeness (QED) is 0.0333. The molecule has 9 aromatic rings. The molecular formula is C99H115N9O9W3-2. The fourth-order valence-electron chi connectivity index (χ4n) is 11.8. The Hall–Kier alpha value is -10.9. The first-order chi connectivity index (χ1) is 56.9. The van der Waals surface area contributed by atoms with E-state index < -0.39 is 29.8 Å². The van der Waals surface area contributed by atoms with E-state index in [4.69, 9.17) is 9.98 Å². The number of aliphatic carboxylic acids is 1. The Labute approximate surface area is 755 Å². The van der Waals surface area contributed by atoms with Gasteiger partial charge in [0.15, 0.2) is 5.71 Å². The predicted octanol–water partition coefficient (Wildman–Crippen LogP) is 22.1. The van der Waals surface area contributed by atoms with Crippen molar-refractivity contribution in [1.29, 1.82) is 0 Å². The number of carbonyl (C=O) groups excluding carboxylic acids is 5. The second-order valence-electron chi connectivity index (χ2n) is 24.2. The molecule has 0 saturated heterocycles. The normalized spacial score (nSPS) is 12.6. The Morgan fingerprint density at radius 1 is 0.392 bits per heavy atom. The zero-order valence-corrected chi connectivity index (χ0v) is 82.7. The standard InChI is InChI=1S/2C27H20N3O3.C27H21N3O3.9C2H6.3W/c2*1-30(2)21-12-6-17(7-13-21)16-28-20-10-8-18(9-11-20)24-14-19-4-3-5-22(26(19)29-24)23-15-25(31)33-27(23)32;1-29(2)21-12-6-17(7-13-21)16-28-20-10-8-18(9-11-20)24-14-19-4-3-5-22-23(27(32)33)15-25(31)30(24)26(19)22;9*1-2;;;/h2*3,5-13,15-16H,14H2,1-2H3;3,5-13,15-16H,14H2,1-2H3,(H,32,33);9*1-2H3;;;/q2*-1;;;;;;;;;;;;;. The summed E-state index contributed by atoms with van der Waals surface area (Å²) in [4.78, 5) is 101. The number of hydrogen-bond acceptors (Lipinski definition) is 16. The van der Waals surface area contributed by atoms with Crippen molar-refractivity contribution >= 4 is 139 Å². The Balaban J connectivity index is 0.000000811. The first-order valence-electron chi connectivity index (χ1n) is 40.5. The van der Waals surface area contributed by atoms with Crippen molar-refractivity contribution in [1.82, 2.24) is 0 Å². The van der Waals surface area contributed by atoms with E-state index >= 15 is 0 Å². The third-order valence-electron chi connectivity index (χ3n) is 17.0. The molecule has 0 saturated carbocycles. The average molecular weight is 2130 g/mol. The van der Waals surface area contributed by atoms with E-state index in [0.717, 1.165) is 101 Å². The number of ether oxygens (including phenoxy) is 2. The van der Waals surface area contributed by atoms with Crippen molar-refractivity contribution in [2.24, 2.45) is 25.0 Å². The molecule has 0 radical (unpaired) electrons. The SMILES string of the molecule is CC.CC.CC.CC.CC.CC.CC.CC.CC.CN(C)c1ccc(C=Nc2ccc(C3=Nc4c([c-]ccc4C4=CC(=O)OC4=O)C3)cc2)cc1.CN(C)c1ccc(C=Nc2ccc(C3=Nc4c([c-]ccc4C4=CC(=O)OC4=O)C3)cc2)cc1.CN(C)c1ccc(C=Nc2ccc(C3=[N+]4C(=O)C=C(C(=O)O)c5cc[c-]c(c54)C3)cc2)cc1.[W].[W].[W]. The molecular weight excluding hydrogens is 2010 g/mol. The summed E-state index contributed by atoms with van der Waals surface area (Å²) in [6.45, 7) is 36.0. The number of carboxylic acid groups (broad SMARTS) is 1.